The van der Waals surface area contributed by atoms with Gasteiger partial charge >= 0.3 is 0 Å². The number of nitrogens with one attached hydrogen (secondary N) is 1. The van der Waals surface area contributed by atoms with Gasteiger partial charge in [0.1, 0.15) is 0 Å². The first-order valence-corrected chi connectivity index (χ1v) is 7.68. The Labute approximate surface area is 126 Å². The highest BCUT2D eigenvalue weighted by Crippen LogP contribution is 2.27. The Morgan fingerprint density at radius 3 is 2.57 bits per heavy atom. The molecule has 3 rings (SSSR count). The predicted molar refractivity (Wildman–Crippen MR) is 90.6 cm³/mol. The van der Waals surface area contributed by atoms with Crippen LogP contribution in [-0.2, 0) is 0 Å². The fraction of sp³-hybridized carbons (Fsp3) is 0.333. The molecule has 110 valence electrons. The normalized spacial score (nSPS) is 18.5. The van der Waals surface area contributed by atoms with Crippen LogP contribution in [-0.4, -0.2) is 12.7 Å². The molecule has 1 unspecified atom stereocenters. The fourth-order valence-corrected chi connectivity index (χ4v) is 2.93. The van der Waals surface area contributed by atoms with Crippen LogP contribution in [0, 0.1) is 6.92 Å². The standard InChI is InChI=1S/C18H23N3/c1-14-9-11-15(12-10-14)21-13-5-4-8-18(21)20-17-7-3-2-6-16(17)19/h2-3,6-7,9-12,18,20H,4-5,8,13,19H2,1H3. The molecule has 3 heteroatoms. The second-order valence-electron chi connectivity index (χ2n) is 5.77. The number of para-hydroxylation sites is 2. The van der Waals surface area contributed by atoms with Crippen LogP contribution in [0.1, 0.15) is 24.8 Å². The number of nitrogens with two attached hydrogens (primary N) is 1. The van der Waals surface area contributed by atoms with Crippen molar-refractivity contribution < 1.29 is 0 Å². The summed E-state index contributed by atoms with van der Waals surface area (Å²) in [5.41, 5.74) is 10.5. The molecule has 1 aliphatic heterocycles. The maximum Gasteiger partial charge on any atom is 0.0990 e. The lowest BCUT2D eigenvalue weighted by molar-refractivity contribution is 0.493. The molecule has 2 aromatic rings. The highest BCUT2D eigenvalue weighted by atomic mass is 15.3. The molecule has 0 saturated carbocycles. The minimum Gasteiger partial charge on any atom is -0.397 e. The first kappa shape index (κ1) is 13.8. The van der Waals surface area contributed by atoms with E-state index in [1.807, 2.05) is 18.2 Å². The van der Waals surface area contributed by atoms with Crippen molar-refractivity contribution in [3.63, 3.8) is 0 Å². The SMILES string of the molecule is Cc1ccc(N2CCCCC2Nc2ccccc2N)cc1. The zero-order chi connectivity index (χ0) is 14.7. The number of hydrogen-bond donors (Lipinski definition) is 2. The number of rotatable bonds is 3. The zero-order valence-electron chi connectivity index (χ0n) is 12.5. The van der Waals surface area contributed by atoms with Crippen molar-refractivity contribution in [1.82, 2.24) is 0 Å². The number of anilines is 3. The lowest BCUT2D eigenvalue weighted by Gasteiger charge is -2.38. The molecule has 1 saturated heterocycles. The number of nitrogen functional groups attached to an aromatic ring is 1. The van der Waals surface area contributed by atoms with Gasteiger partial charge in [-0.2, -0.15) is 0 Å². The van der Waals surface area contributed by atoms with Crippen LogP contribution in [0.15, 0.2) is 48.5 Å². The molecule has 2 aromatic carbocycles. The van der Waals surface area contributed by atoms with Gasteiger partial charge in [0.25, 0.3) is 0 Å². The predicted octanol–water partition coefficient (Wildman–Crippen LogP) is 4.01. The van der Waals surface area contributed by atoms with E-state index in [9.17, 15) is 0 Å². The van der Waals surface area contributed by atoms with E-state index in [-0.39, 0.29) is 0 Å². The molecule has 0 spiro atoms. The van der Waals surface area contributed by atoms with Crippen LogP contribution in [0.25, 0.3) is 0 Å². The van der Waals surface area contributed by atoms with Crippen LogP contribution >= 0.6 is 0 Å². The third-order valence-electron chi connectivity index (χ3n) is 4.15. The van der Waals surface area contributed by atoms with E-state index in [0.717, 1.165) is 24.3 Å². The van der Waals surface area contributed by atoms with Gasteiger partial charge in [0.05, 0.1) is 17.5 Å². The Hall–Kier alpha value is -2.16. The molecule has 1 aliphatic rings. The topological polar surface area (TPSA) is 41.3 Å². The van der Waals surface area contributed by atoms with Crippen LogP contribution in [0.5, 0.6) is 0 Å². The van der Waals surface area contributed by atoms with E-state index in [2.05, 4.69) is 47.5 Å². The molecule has 0 aliphatic carbocycles. The van der Waals surface area contributed by atoms with Gasteiger partial charge in [0, 0.05) is 12.2 Å². The van der Waals surface area contributed by atoms with Crippen LogP contribution in [0.2, 0.25) is 0 Å². The van der Waals surface area contributed by atoms with Gasteiger partial charge in [-0.25, -0.2) is 0 Å². The van der Waals surface area contributed by atoms with E-state index < -0.39 is 0 Å². The Kier molecular flexibility index (Phi) is 4.00. The van der Waals surface area contributed by atoms with Crippen LogP contribution in [0.3, 0.4) is 0 Å². The van der Waals surface area contributed by atoms with E-state index in [1.54, 1.807) is 0 Å². The van der Waals surface area contributed by atoms with Gasteiger partial charge in [0.15, 0.2) is 0 Å². The number of benzene rings is 2. The van der Waals surface area contributed by atoms with Crippen molar-refractivity contribution in [3.05, 3.63) is 54.1 Å². The molecule has 0 bridgehead atoms. The molecule has 3 N–H and O–H groups in total. The van der Waals surface area contributed by atoms with Gasteiger partial charge in [-0.05, 0) is 50.5 Å². The van der Waals surface area contributed by atoms with Gasteiger partial charge in [-0.1, -0.05) is 29.8 Å². The van der Waals surface area contributed by atoms with Crippen molar-refractivity contribution in [3.8, 4) is 0 Å². The Bertz CT molecular complexity index is 592. The zero-order valence-corrected chi connectivity index (χ0v) is 12.5. The van der Waals surface area contributed by atoms with E-state index in [0.29, 0.717) is 6.17 Å². The highest BCUT2D eigenvalue weighted by molar-refractivity contribution is 5.67. The molecular formula is C18H23N3. The molecule has 0 radical (unpaired) electrons. The van der Waals surface area contributed by atoms with Gasteiger partial charge < -0.3 is 16.0 Å². The average Bonchev–Trinajstić information content (AvgIpc) is 2.51. The lowest BCUT2D eigenvalue weighted by Crippen LogP contribution is -2.44. The van der Waals surface area contributed by atoms with E-state index in [4.69, 9.17) is 5.73 Å². The first-order chi connectivity index (χ1) is 10.2. The van der Waals surface area contributed by atoms with Crippen molar-refractivity contribution in [2.45, 2.75) is 32.4 Å². The summed E-state index contributed by atoms with van der Waals surface area (Å²) in [5, 5.41) is 3.61. The van der Waals surface area contributed by atoms with Crippen molar-refractivity contribution in [2.75, 3.05) is 22.5 Å². The quantitative estimate of drug-likeness (QED) is 0.835. The average molecular weight is 281 g/mol. The number of nitrogens with zero attached hydrogens (tertiary/aromatic N) is 1. The summed E-state index contributed by atoms with van der Waals surface area (Å²) in [6.45, 7) is 3.22. The summed E-state index contributed by atoms with van der Waals surface area (Å²) in [7, 11) is 0. The number of aryl methyl sites for hydroxylation is 1. The third-order valence-corrected chi connectivity index (χ3v) is 4.15. The minimum absolute atomic E-state index is 0.311. The van der Waals surface area contributed by atoms with Gasteiger partial charge in [-0.15, -0.1) is 0 Å². The van der Waals surface area contributed by atoms with Crippen molar-refractivity contribution >= 4 is 17.1 Å². The van der Waals surface area contributed by atoms with Crippen LogP contribution in [0.4, 0.5) is 17.1 Å². The fourth-order valence-electron chi connectivity index (χ4n) is 2.93. The third kappa shape index (κ3) is 3.13. The summed E-state index contributed by atoms with van der Waals surface area (Å²) >= 11 is 0. The molecule has 0 amide bonds. The highest BCUT2D eigenvalue weighted by Gasteiger charge is 2.22. The summed E-state index contributed by atoms with van der Waals surface area (Å²) in [6, 6.07) is 16.8. The van der Waals surface area contributed by atoms with Crippen molar-refractivity contribution in [2.24, 2.45) is 0 Å². The summed E-state index contributed by atoms with van der Waals surface area (Å²) in [4.78, 5) is 2.45. The summed E-state index contributed by atoms with van der Waals surface area (Å²) in [6.07, 6.45) is 3.96. The largest absolute Gasteiger partial charge is 0.397 e. The number of hydrogen-bond acceptors (Lipinski definition) is 3. The van der Waals surface area contributed by atoms with Crippen molar-refractivity contribution in [1.29, 1.82) is 0 Å². The van der Waals surface area contributed by atoms with Gasteiger partial charge in [0.2, 0.25) is 0 Å². The number of piperidine rings is 1. The van der Waals surface area contributed by atoms with Crippen LogP contribution < -0.4 is 16.0 Å². The maximum absolute atomic E-state index is 6.06. The lowest BCUT2D eigenvalue weighted by atomic mass is 10.1. The first-order valence-electron chi connectivity index (χ1n) is 7.68. The van der Waals surface area contributed by atoms with E-state index >= 15 is 0 Å². The Morgan fingerprint density at radius 2 is 1.81 bits per heavy atom. The summed E-state index contributed by atoms with van der Waals surface area (Å²) < 4.78 is 0. The second kappa shape index (κ2) is 6.08. The maximum atomic E-state index is 6.06. The molecule has 0 aromatic heterocycles. The monoisotopic (exact) mass is 281 g/mol. The minimum atomic E-state index is 0.311. The summed E-state index contributed by atoms with van der Waals surface area (Å²) in [5.74, 6) is 0. The molecule has 1 fully saturated rings. The molecule has 1 heterocycles. The second-order valence-corrected chi connectivity index (χ2v) is 5.77. The van der Waals surface area contributed by atoms with E-state index in [1.165, 1.54) is 24.1 Å². The Morgan fingerprint density at radius 1 is 1.05 bits per heavy atom. The smallest absolute Gasteiger partial charge is 0.0990 e. The Balaban J connectivity index is 1.81. The molecular weight excluding hydrogens is 258 g/mol. The van der Waals surface area contributed by atoms with Gasteiger partial charge in [-0.3, -0.25) is 0 Å². The molecule has 3 nitrogen and oxygen atoms in total. The molecule has 21 heavy (non-hydrogen) atoms. The molecule has 1 atom stereocenters.